The van der Waals surface area contributed by atoms with Gasteiger partial charge in [0.1, 0.15) is 0 Å². The molecule has 1 aliphatic rings. The molecule has 23 heavy (non-hydrogen) atoms. The highest BCUT2D eigenvalue weighted by Gasteiger charge is 2.40. The highest BCUT2D eigenvalue weighted by atomic mass is 79.9. The number of hydrogen-bond donors (Lipinski definition) is 0. The van der Waals surface area contributed by atoms with Gasteiger partial charge in [0.25, 0.3) is 0 Å². The molecule has 0 N–H and O–H groups in total. The molecule has 3 heterocycles. The van der Waals surface area contributed by atoms with Gasteiger partial charge in [-0.1, -0.05) is 0 Å². The van der Waals surface area contributed by atoms with E-state index in [1.807, 2.05) is 42.7 Å². The third kappa shape index (κ3) is 2.45. The van der Waals surface area contributed by atoms with Crippen LogP contribution in [0.15, 0.2) is 62.2 Å². The average molecular weight is 450 g/mol. The number of Topliss-reactive ketones (excluding diaryl/α,β-unsaturated/α-hetero) is 1. The molecule has 0 saturated carbocycles. The van der Waals surface area contributed by atoms with Crippen molar-refractivity contribution >= 4 is 55.1 Å². The van der Waals surface area contributed by atoms with Gasteiger partial charge in [-0.05, 0) is 67.8 Å². The second-order valence-electron chi connectivity index (χ2n) is 5.18. The van der Waals surface area contributed by atoms with Crippen LogP contribution in [-0.2, 0) is 0 Å². The average Bonchev–Trinajstić information content (AvgIpc) is 3.22. The van der Waals surface area contributed by atoms with Crippen molar-refractivity contribution in [3.8, 4) is 0 Å². The summed E-state index contributed by atoms with van der Waals surface area (Å²) in [4.78, 5) is 17.0. The summed E-state index contributed by atoms with van der Waals surface area (Å²) in [6.07, 6.45) is 9.41. The van der Waals surface area contributed by atoms with Crippen LogP contribution >= 0.6 is 43.2 Å². The molecule has 0 aliphatic heterocycles. The van der Waals surface area contributed by atoms with Gasteiger partial charge in [0, 0.05) is 35.9 Å². The fourth-order valence-corrected chi connectivity index (χ4v) is 6.10. The first-order chi connectivity index (χ1) is 11.2. The smallest absolute Gasteiger partial charge is 0.193 e. The predicted octanol–water partition coefficient (Wildman–Crippen LogP) is 5.34. The quantitative estimate of drug-likeness (QED) is 0.495. The molecule has 3 aromatic rings. The summed E-state index contributed by atoms with van der Waals surface area (Å²) in [6.45, 7) is 0. The van der Waals surface area contributed by atoms with E-state index < -0.39 is 0 Å². The zero-order chi connectivity index (χ0) is 16.0. The molecular weight excluding hydrogens is 440 g/mol. The van der Waals surface area contributed by atoms with Gasteiger partial charge in [-0.3, -0.25) is 9.78 Å². The number of aromatic nitrogens is 2. The molecule has 0 aromatic carbocycles. The first kappa shape index (κ1) is 15.1. The number of nitrogens with zero attached hydrogens (tertiary/aromatic N) is 2. The number of rotatable bonds is 2. The minimum atomic E-state index is -0.113. The monoisotopic (exact) mass is 448 g/mol. The molecular formula is C17H10Br2N2OS. The van der Waals surface area contributed by atoms with Crippen LogP contribution in [0.4, 0.5) is 0 Å². The van der Waals surface area contributed by atoms with Crippen LogP contribution in [0.1, 0.15) is 27.5 Å². The molecule has 1 aliphatic carbocycles. The molecule has 0 fully saturated rings. The van der Waals surface area contributed by atoms with Crippen molar-refractivity contribution in [1.29, 1.82) is 0 Å². The van der Waals surface area contributed by atoms with E-state index in [-0.39, 0.29) is 11.8 Å². The number of pyridine rings is 1. The lowest BCUT2D eigenvalue weighted by atomic mass is 10.0. The molecule has 3 aromatic heterocycles. The Balaban J connectivity index is 1.94. The van der Waals surface area contributed by atoms with E-state index in [1.165, 1.54) is 0 Å². The maximum atomic E-state index is 13.0. The minimum Gasteiger partial charge on any atom is -0.343 e. The minimum absolute atomic E-state index is 0.0735. The summed E-state index contributed by atoms with van der Waals surface area (Å²) < 4.78 is 3.94. The molecule has 0 bridgehead atoms. The maximum Gasteiger partial charge on any atom is 0.193 e. The van der Waals surface area contributed by atoms with Gasteiger partial charge in [-0.25, -0.2) is 0 Å². The Labute approximate surface area is 153 Å². The van der Waals surface area contributed by atoms with E-state index in [0.29, 0.717) is 0 Å². The van der Waals surface area contributed by atoms with Crippen molar-refractivity contribution in [1.82, 2.24) is 9.55 Å². The number of carbonyl (C=O) groups is 1. The normalized spacial score (nSPS) is 18.6. The van der Waals surface area contributed by atoms with Crippen molar-refractivity contribution in [2.75, 3.05) is 0 Å². The van der Waals surface area contributed by atoms with Crippen molar-refractivity contribution in [3.05, 3.63) is 78.9 Å². The molecule has 0 radical (unpaired) electrons. The maximum absolute atomic E-state index is 13.0. The number of allylic oxidation sites excluding steroid dienone is 1. The second kappa shape index (κ2) is 5.85. The molecule has 1 unspecified atom stereocenters. The van der Waals surface area contributed by atoms with Crippen LogP contribution in [0.3, 0.4) is 0 Å². The van der Waals surface area contributed by atoms with E-state index in [2.05, 4.69) is 41.4 Å². The van der Waals surface area contributed by atoms with Gasteiger partial charge in [0.05, 0.1) is 19.2 Å². The Morgan fingerprint density at radius 2 is 1.83 bits per heavy atom. The summed E-state index contributed by atoms with van der Waals surface area (Å²) in [5.41, 5.74) is 3.54. The third-order valence-corrected chi connectivity index (χ3v) is 6.45. The number of halogens is 2. The summed E-state index contributed by atoms with van der Waals surface area (Å²) >= 11 is 8.70. The van der Waals surface area contributed by atoms with Gasteiger partial charge in [0.15, 0.2) is 5.78 Å². The van der Waals surface area contributed by atoms with Gasteiger partial charge in [0.2, 0.25) is 0 Å². The fourth-order valence-electron chi connectivity index (χ4n) is 2.88. The molecule has 0 amide bonds. The topological polar surface area (TPSA) is 34.9 Å². The molecule has 3 nitrogen and oxygen atoms in total. The summed E-state index contributed by atoms with van der Waals surface area (Å²) in [7, 11) is 0. The van der Waals surface area contributed by atoms with Crippen molar-refractivity contribution in [2.45, 2.75) is 6.04 Å². The Kier molecular flexibility index (Phi) is 3.83. The zero-order valence-electron chi connectivity index (χ0n) is 11.7. The first-order valence-corrected chi connectivity index (χ1v) is 9.33. The Morgan fingerprint density at radius 1 is 1.13 bits per heavy atom. The number of hydrogen-bond acceptors (Lipinski definition) is 3. The SMILES string of the molecule is O=C1C(=Cc2ccncc2)C(n2cccc2)c2c(Br)sc(Br)c21. The van der Waals surface area contributed by atoms with Crippen LogP contribution in [0.5, 0.6) is 0 Å². The van der Waals surface area contributed by atoms with Crippen LogP contribution in [0.2, 0.25) is 0 Å². The second-order valence-corrected chi connectivity index (χ2v) is 8.84. The highest BCUT2D eigenvalue weighted by Crippen LogP contribution is 2.50. The van der Waals surface area contributed by atoms with Gasteiger partial charge < -0.3 is 4.57 Å². The molecule has 0 spiro atoms. The van der Waals surface area contributed by atoms with Crippen molar-refractivity contribution in [3.63, 3.8) is 0 Å². The van der Waals surface area contributed by atoms with Gasteiger partial charge in [-0.15, -0.1) is 11.3 Å². The molecule has 6 heteroatoms. The lowest BCUT2D eigenvalue weighted by Crippen LogP contribution is -2.09. The standard InChI is InChI=1S/C17H10Br2N2OS/c18-16-12-13(17(19)23-16)15(22)11(9-10-3-5-20-6-4-10)14(12)21-7-1-2-8-21/h1-9,14H. The van der Waals surface area contributed by atoms with Crippen molar-refractivity contribution in [2.24, 2.45) is 0 Å². The lowest BCUT2D eigenvalue weighted by Gasteiger charge is -2.15. The molecule has 4 rings (SSSR count). The fraction of sp³-hybridized carbons (Fsp3) is 0.0588. The van der Waals surface area contributed by atoms with E-state index in [0.717, 1.165) is 29.8 Å². The van der Waals surface area contributed by atoms with Crippen LogP contribution < -0.4 is 0 Å². The summed E-state index contributed by atoms with van der Waals surface area (Å²) in [5.74, 6) is 0.0735. The van der Waals surface area contributed by atoms with Crippen LogP contribution in [0.25, 0.3) is 6.08 Å². The van der Waals surface area contributed by atoms with Crippen molar-refractivity contribution < 1.29 is 4.79 Å². The zero-order valence-corrected chi connectivity index (χ0v) is 15.7. The lowest BCUT2D eigenvalue weighted by molar-refractivity contribution is 0.103. The number of fused-ring (bicyclic) bond motifs is 1. The number of thiophene rings is 1. The highest BCUT2D eigenvalue weighted by molar-refractivity contribution is 9.12. The first-order valence-electron chi connectivity index (χ1n) is 6.93. The van der Waals surface area contributed by atoms with Crippen LogP contribution in [0, 0.1) is 0 Å². The molecule has 114 valence electrons. The molecule has 0 saturated heterocycles. The summed E-state index contributed by atoms with van der Waals surface area (Å²) in [6, 6.07) is 7.65. The Bertz CT molecular complexity index is 914. The predicted molar refractivity (Wildman–Crippen MR) is 98.8 cm³/mol. The van der Waals surface area contributed by atoms with E-state index in [9.17, 15) is 4.79 Å². The van der Waals surface area contributed by atoms with Gasteiger partial charge >= 0.3 is 0 Å². The number of carbonyl (C=O) groups excluding carboxylic acids is 1. The molecule has 1 atom stereocenters. The Hall–Kier alpha value is -1.50. The van der Waals surface area contributed by atoms with Crippen LogP contribution in [-0.4, -0.2) is 15.3 Å². The van der Waals surface area contributed by atoms with E-state index in [4.69, 9.17) is 0 Å². The van der Waals surface area contributed by atoms with E-state index >= 15 is 0 Å². The van der Waals surface area contributed by atoms with E-state index in [1.54, 1.807) is 23.7 Å². The third-order valence-electron chi connectivity index (χ3n) is 3.87. The van der Waals surface area contributed by atoms with Gasteiger partial charge in [-0.2, -0.15) is 0 Å². The Morgan fingerprint density at radius 3 is 2.52 bits per heavy atom. The number of ketones is 1. The summed E-state index contributed by atoms with van der Waals surface area (Å²) in [5, 5.41) is 0. The largest absolute Gasteiger partial charge is 0.343 e.